The van der Waals surface area contributed by atoms with Gasteiger partial charge in [-0.1, -0.05) is 46.4 Å². The minimum absolute atomic E-state index is 0. The summed E-state index contributed by atoms with van der Waals surface area (Å²) in [6.45, 7) is 11.5. The average Bonchev–Trinajstić information content (AvgIpc) is 2.34. The highest BCUT2D eigenvalue weighted by molar-refractivity contribution is 5.94. The van der Waals surface area contributed by atoms with Gasteiger partial charge in [-0.3, -0.25) is 4.79 Å². The Labute approximate surface area is 114 Å². The summed E-state index contributed by atoms with van der Waals surface area (Å²) in [4.78, 5) is 13.7. The minimum Gasteiger partial charge on any atom is -0.339 e. The predicted molar refractivity (Wildman–Crippen MR) is 83.2 cm³/mol. The lowest BCUT2D eigenvalue weighted by molar-refractivity contribution is 0.0773. The Morgan fingerprint density at radius 2 is 1.39 bits per heavy atom. The smallest absolute Gasteiger partial charge is 0.253 e. The van der Waals surface area contributed by atoms with Gasteiger partial charge in [-0.05, 0) is 32.9 Å². The van der Waals surface area contributed by atoms with Crippen molar-refractivity contribution in [1.82, 2.24) is 4.90 Å². The number of carbonyl (C=O) groups is 1. The molecule has 0 aliphatic rings. The molecule has 0 unspecified atom stereocenters. The summed E-state index contributed by atoms with van der Waals surface area (Å²) in [7, 11) is 0. The van der Waals surface area contributed by atoms with E-state index in [0.29, 0.717) is 0 Å². The molecule has 1 rings (SSSR count). The Morgan fingerprint density at radius 3 is 1.72 bits per heavy atom. The van der Waals surface area contributed by atoms with Gasteiger partial charge in [0.05, 0.1) is 0 Å². The van der Waals surface area contributed by atoms with Crippen LogP contribution in [0.3, 0.4) is 0 Å². The molecule has 0 aliphatic heterocycles. The molecule has 2 nitrogen and oxygen atoms in total. The van der Waals surface area contributed by atoms with Crippen LogP contribution in [-0.2, 0) is 0 Å². The Hall–Kier alpha value is -1.31. The monoisotopic (exact) mass is 253 g/mol. The maximum atomic E-state index is 11.8. The summed E-state index contributed by atoms with van der Waals surface area (Å²) in [5, 5.41) is 0. The van der Waals surface area contributed by atoms with Crippen molar-refractivity contribution in [2.75, 3.05) is 13.1 Å². The van der Waals surface area contributed by atoms with Crippen LogP contribution >= 0.6 is 0 Å². The molecule has 0 N–H and O–H groups in total. The van der Waals surface area contributed by atoms with Crippen LogP contribution in [0.15, 0.2) is 24.3 Å². The third-order valence-electron chi connectivity index (χ3n) is 2.35. The van der Waals surface area contributed by atoms with Crippen LogP contribution in [0.1, 0.15) is 58.5 Å². The second-order valence-corrected chi connectivity index (χ2v) is 3.34. The molecule has 0 atom stereocenters. The molecule has 0 heterocycles. The summed E-state index contributed by atoms with van der Waals surface area (Å²) >= 11 is 0. The third-order valence-corrected chi connectivity index (χ3v) is 2.35. The molecule has 0 aliphatic carbocycles. The number of rotatable bonds is 3. The Bertz CT molecular complexity index is 299. The molecule has 2 heteroatoms. The number of carbonyl (C=O) groups excluding carboxylic acids is 1. The molecular weight excluding hydrogens is 222 g/mol. The highest BCUT2D eigenvalue weighted by Crippen LogP contribution is 2.06. The number of aryl methyl sites for hydroxylation is 1. The molecule has 0 radical (unpaired) electrons. The van der Waals surface area contributed by atoms with E-state index in [1.807, 2.05) is 63.8 Å². The third kappa shape index (κ3) is 6.43. The molecule has 0 bridgehead atoms. The van der Waals surface area contributed by atoms with E-state index >= 15 is 0 Å². The lowest BCUT2D eigenvalue weighted by Gasteiger charge is -2.18. The van der Waals surface area contributed by atoms with Crippen molar-refractivity contribution in [1.29, 1.82) is 0 Å². The number of hydrogen-bond donors (Lipinski definition) is 0. The lowest BCUT2D eigenvalue weighted by Crippen LogP contribution is -2.30. The van der Waals surface area contributed by atoms with Crippen molar-refractivity contribution in [2.24, 2.45) is 0 Å². The van der Waals surface area contributed by atoms with Crippen molar-refractivity contribution in [3.8, 4) is 0 Å². The molecule has 18 heavy (non-hydrogen) atoms. The van der Waals surface area contributed by atoms with E-state index in [4.69, 9.17) is 0 Å². The molecule has 0 fully saturated rings. The zero-order valence-electron chi connectivity index (χ0n) is 11.1. The van der Waals surface area contributed by atoms with Gasteiger partial charge in [0, 0.05) is 18.7 Å². The normalized spacial score (nSPS) is 8.06. The molecule has 0 spiro atoms. The lowest BCUT2D eigenvalue weighted by atomic mass is 10.1. The molecule has 1 amide bonds. The first-order valence-corrected chi connectivity index (χ1v) is 6.05. The van der Waals surface area contributed by atoms with E-state index in [-0.39, 0.29) is 20.8 Å². The summed E-state index contributed by atoms with van der Waals surface area (Å²) in [6.07, 6.45) is 0. The van der Waals surface area contributed by atoms with E-state index in [9.17, 15) is 4.79 Å². The van der Waals surface area contributed by atoms with Crippen LogP contribution in [0.2, 0.25) is 0 Å². The number of amides is 1. The van der Waals surface area contributed by atoms with E-state index in [2.05, 4.69) is 0 Å². The van der Waals surface area contributed by atoms with Crippen molar-refractivity contribution in [3.05, 3.63) is 35.4 Å². The van der Waals surface area contributed by atoms with Gasteiger partial charge >= 0.3 is 0 Å². The quantitative estimate of drug-likeness (QED) is 0.759. The van der Waals surface area contributed by atoms with Gasteiger partial charge in [0.2, 0.25) is 0 Å². The van der Waals surface area contributed by atoms with Gasteiger partial charge in [0.1, 0.15) is 0 Å². The Morgan fingerprint density at radius 1 is 1.00 bits per heavy atom. The second kappa shape index (κ2) is 12.2. The molecule has 0 aromatic heterocycles. The van der Waals surface area contributed by atoms with E-state index in [0.717, 1.165) is 18.7 Å². The van der Waals surface area contributed by atoms with Crippen molar-refractivity contribution in [2.45, 2.75) is 49.5 Å². The summed E-state index contributed by atoms with van der Waals surface area (Å²) in [6, 6.07) is 7.71. The molecule has 1 aromatic carbocycles. The standard InChI is InChI=1S/C12H17NO.C2H6.2CH4/c1-4-13(5-2)12(14)11-8-6-10(3)7-9-11;1-2;;/h6-9H,4-5H2,1-3H3;1-2H3;2*1H4. The maximum Gasteiger partial charge on any atom is 0.253 e. The maximum absolute atomic E-state index is 11.8. The van der Waals surface area contributed by atoms with Crippen LogP contribution in [0.5, 0.6) is 0 Å². The van der Waals surface area contributed by atoms with Gasteiger partial charge in [0.25, 0.3) is 5.91 Å². The van der Waals surface area contributed by atoms with Gasteiger partial charge < -0.3 is 4.90 Å². The minimum atomic E-state index is 0. The zero-order valence-corrected chi connectivity index (χ0v) is 11.1. The van der Waals surface area contributed by atoms with Crippen LogP contribution < -0.4 is 0 Å². The van der Waals surface area contributed by atoms with Crippen molar-refractivity contribution < 1.29 is 4.79 Å². The van der Waals surface area contributed by atoms with Crippen molar-refractivity contribution >= 4 is 5.91 Å². The van der Waals surface area contributed by atoms with Gasteiger partial charge in [-0.2, -0.15) is 0 Å². The Balaban J connectivity index is -0.000000534. The number of benzene rings is 1. The number of nitrogens with zero attached hydrogens (tertiary/aromatic N) is 1. The highest BCUT2D eigenvalue weighted by atomic mass is 16.2. The van der Waals surface area contributed by atoms with E-state index in [1.54, 1.807) is 0 Å². The fraction of sp³-hybridized carbons (Fsp3) is 0.562. The summed E-state index contributed by atoms with van der Waals surface area (Å²) in [5.74, 6) is 0.120. The summed E-state index contributed by atoms with van der Waals surface area (Å²) in [5.41, 5.74) is 1.96. The highest BCUT2D eigenvalue weighted by Gasteiger charge is 2.10. The fourth-order valence-corrected chi connectivity index (χ4v) is 1.39. The second-order valence-electron chi connectivity index (χ2n) is 3.34. The fourth-order valence-electron chi connectivity index (χ4n) is 1.39. The average molecular weight is 253 g/mol. The van der Waals surface area contributed by atoms with Crippen LogP contribution in [0.4, 0.5) is 0 Å². The zero-order chi connectivity index (χ0) is 12.6. The molecule has 1 aromatic rings. The van der Waals surface area contributed by atoms with Gasteiger partial charge in [0.15, 0.2) is 0 Å². The van der Waals surface area contributed by atoms with Gasteiger partial charge in [-0.25, -0.2) is 0 Å². The van der Waals surface area contributed by atoms with Crippen LogP contribution in [-0.4, -0.2) is 23.9 Å². The number of hydrogen-bond acceptors (Lipinski definition) is 1. The molecule has 0 saturated heterocycles. The van der Waals surface area contributed by atoms with Gasteiger partial charge in [-0.15, -0.1) is 0 Å². The van der Waals surface area contributed by atoms with E-state index < -0.39 is 0 Å². The predicted octanol–water partition coefficient (Wildman–Crippen LogP) is 4.78. The van der Waals surface area contributed by atoms with Crippen LogP contribution in [0.25, 0.3) is 0 Å². The first-order valence-electron chi connectivity index (χ1n) is 6.05. The Kier molecular flexibility index (Phi) is 14.8. The first kappa shape index (κ1) is 21.9. The topological polar surface area (TPSA) is 20.3 Å². The van der Waals surface area contributed by atoms with Crippen molar-refractivity contribution in [3.63, 3.8) is 0 Å². The van der Waals surface area contributed by atoms with E-state index in [1.165, 1.54) is 5.56 Å². The SMILES string of the molecule is C.C.CC.CCN(CC)C(=O)c1ccc(C)cc1. The van der Waals surface area contributed by atoms with Crippen LogP contribution in [0, 0.1) is 6.92 Å². The summed E-state index contributed by atoms with van der Waals surface area (Å²) < 4.78 is 0. The largest absolute Gasteiger partial charge is 0.339 e. The first-order chi connectivity index (χ1) is 7.69. The molecule has 0 saturated carbocycles. The molecular formula is C16H31NO. The molecule has 106 valence electrons.